The number of carbonyl (C=O) groups is 1. The third kappa shape index (κ3) is 9.11. The number of hydrogen-bond acceptors (Lipinski definition) is 11. The highest BCUT2D eigenvalue weighted by atomic mass is 31.2. The number of nitrogens with one attached hydrogen (secondary N) is 1. The molecule has 1 aromatic carbocycles. The molecule has 2 aromatic heterocycles. The van der Waals surface area contributed by atoms with Gasteiger partial charge in [0.25, 0.3) is 15.6 Å². The Balaban J connectivity index is 1.47. The number of amides is 2. The summed E-state index contributed by atoms with van der Waals surface area (Å²) < 4.78 is 19.8. The smallest absolute Gasteiger partial charge is 0.323 e. The van der Waals surface area contributed by atoms with Crippen molar-refractivity contribution >= 4 is 38.3 Å². The first kappa shape index (κ1) is 42.4. The summed E-state index contributed by atoms with van der Waals surface area (Å²) in [5.41, 5.74) is 2.02. The van der Waals surface area contributed by atoms with Crippen molar-refractivity contribution in [3.63, 3.8) is 0 Å². The van der Waals surface area contributed by atoms with Crippen LogP contribution in [-0.4, -0.2) is 137 Å². The van der Waals surface area contributed by atoms with Gasteiger partial charge in [-0.1, -0.05) is 47.1 Å². The van der Waals surface area contributed by atoms with Crippen molar-refractivity contribution in [1.29, 1.82) is 0 Å². The lowest BCUT2D eigenvalue weighted by Gasteiger charge is -2.50. The largest absolute Gasteiger partial charge is 0.495 e. The van der Waals surface area contributed by atoms with E-state index in [1.54, 1.807) is 32.5 Å². The first-order valence-corrected chi connectivity index (χ1v) is 22.5. The number of rotatable bonds is 13. The third-order valence-corrected chi connectivity index (χ3v) is 18.1. The maximum atomic E-state index is 13.3. The Hall–Kier alpha value is -2.73. The summed E-state index contributed by atoms with van der Waals surface area (Å²) in [5.74, 6) is 1.69. The van der Waals surface area contributed by atoms with Crippen molar-refractivity contribution in [1.82, 2.24) is 33.5 Å². The second-order valence-electron chi connectivity index (χ2n) is 16.8. The maximum Gasteiger partial charge on any atom is 0.323 e. The maximum absolute atomic E-state index is 13.3. The van der Waals surface area contributed by atoms with Gasteiger partial charge < -0.3 is 14.4 Å². The fraction of sp³-hybridized carbons (Fsp3) is 0.615. The first-order chi connectivity index (χ1) is 25.4. The van der Waals surface area contributed by atoms with Crippen LogP contribution in [0.2, 0.25) is 0 Å². The summed E-state index contributed by atoms with van der Waals surface area (Å²) in [6.07, 6.45) is 4.45. The van der Waals surface area contributed by atoms with Crippen LogP contribution in [0, 0.1) is 10.8 Å². The number of pyridine rings is 2. The minimum absolute atomic E-state index is 0.0148. The number of fused-ring (bicyclic) bond motifs is 1. The van der Waals surface area contributed by atoms with Gasteiger partial charge >= 0.3 is 6.03 Å². The SMILES string of the molecule is CCCCN(CCc1ccc2nc(C(C[P+]3(O)N(C)CC(C)(C)CN3C)[P+]3(O)N(C)CC(C)(C)CN3C)c(OC)cc2c1)C(=O)Nc1ccc(OC)cn1. The molecule has 54 heavy (non-hydrogen) atoms. The van der Waals surface area contributed by atoms with Crippen LogP contribution >= 0.6 is 15.6 Å². The van der Waals surface area contributed by atoms with Crippen LogP contribution in [-0.2, 0) is 6.42 Å². The van der Waals surface area contributed by atoms with Gasteiger partial charge in [0.05, 0.1) is 25.9 Å². The standard InChI is InChI=1S/C39H63N8O5P2/c1-12-13-19-47(37(48)42-35-17-15-31(51-10)23-40-35)20-18-29-14-16-32-30(21-29)22-33(52-11)36(41-32)34(54(50)45(8)27-39(4,5)28-46(54)9)24-53(49)43(6)25-38(2,3)26-44(53)7/h14-17,21-23,34,49-50H,12-13,18-20,24-28H2,1-11H3/q+1/p+1. The molecule has 0 radical (unpaired) electrons. The van der Waals surface area contributed by atoms with Gasteiger partial charge in [0, 0.05) is 72.8 Å². The van der Waals surface area contributed by atoms with E-state index in [4.69, 9.17) is 14.5 Å². The Morgan fingerprint density at radius 3 is 2.09 bits per heavy atom. The molecular formula is C39H64N8O5P2+2. The molecule has 2 amide bonds. The van der Waals surface area contributed by atoms with Crippen molar-refractivity contribution in [2.45, 2.75) is 59.5 Å². The van der Waals surface area contributed by atoms with Crippen LogP contribution in [0.3, 0.4) is 0 Å². The topological polar surface area (TPSA) is 130 Å². The average molecular weight is 787 g/mol. The molecule has 4 heterocycles. The van der Waals surface area contributed by atoms with E-state index in [0.29, 0.717) is 48.7 Å². The lowest BCUT2D eigenvalue weighted by Crippen LogP contribution is -2.52. The van der Waals surface area contributed by atoms with E-state index in [1.165, 1.54) is 0 Å². The second kappa shape index (κ2) is 16.8. The fourth-order valence-corrected chi connectivity index (χ4v) is 16.0. The number of anilines is 1. The van der Waals surface area contributed by atoms with Crippen molar-refractivity contribution in [2.75, 3.05) is 93.2 Å². The molecule has 1 atom stereocenters. The highest BCUT2D eigenvalue weighted by molar-refractivity contribution is 7.70. The first-order valence-electron chi connectivity index (χ1n) is 19.0. The van der Waals surface area contributed by atoms with Crippen LogP contribution in [0.4, 0.5) is 10.6 Å². The number of nitrogens with zero attached hydrogens (tertiary/aromatic N) is 7. The molecule has 2 aliphatic heterocycles. The Morgan fingerprint density at radius 1 is 0.907 bits per heavy atom. The molecule has 0 saturated carbocycles. The average Bonchev–Trinajstić information content (AvgIpc) is 3.11. The molecule has 0 bridgehead atoms. The van der Waals surface area contributed by atoms with Gasteiger partial charge in [-0.05, 0) is 59.6 Å². The van der Waals surface area contributed by atoms with Gasteiger partial charge in [-0.2, -0.15) is 0 Å². The minimum Gasteiger partial charge on any atom is -0.495 e. The number of unbranched alkanes of at least 4 members (excludes halogenated alkanes) is 1. The number of aromatic nitrogens is 2. The predicted molar refractivity (Wildman–Crippen MR) is 222 cm³/mol. The van der Waals surface area contributed by atoms with Gasteiger partial charge in [0.2, 0.25) is 5.66 Å². The number of ether oxygens (including phenoxy) is 2. The molecule has 2 saturated heterocycles. The molecule has 2 fully saturated rings. The molecular weight excluding hydrogens is 722 g/mol. The zero-order valence-electron chi connectivity index (χ0n) is 34.3. The molecule has 0 aliphatic carbocycles. The van der Waals surface area contributed by atoms with Gasteiger partial charge in [-0.15, -0.1) is 18.7 Å². The molecule has 298 valence electrons. The number of benzene rings is 1. The summed E-state index contributed by atoms with van der Waals surface area (Å²) in [6.45, 7) is 15.1. The van der Waals surface area contributed by atoms with Crippen LogP contribution in [0.1, 0.15) is 64.4 Å². The van der Waals surface area contributed by atoms with Crippen molar-refractivity contribution in [2.24, 2.45) is 10.8 Å². The Bertz CT molecular complexity index is 1730. The molecule has 0 spiro atoms. The molecule has 5 rings (SSSR count). The van der Waals surface area contributed by atoms with Gasteiger partial charge in [0.1, 0.15) is 23.0 Å². The molecule has 3 N–H and O–H groups in total. The monoisotopic (exact) mass is 786 g/mol. The molecule has 1 unspecified atom stereocenters. The van der Waals surface area contributed by atoms with E-state index in [-0.39, 0.29) is 16.9 Å². The second-order valence-corrected chi connectivity index (χ2v) is 23.1. The van der Waals surface area contributed by atoms with Crippen molar-refractivity contribution in [3.05, 3.63) is 53.9 Å². The quantitative estimate of drug-likeness (QED) is 0.157. The van der Waals surface area contributed by atoms with Crippen LogP contribution < -0.4 is 14.8 Å². The van der Waals surface area contributed by atoms with Gasteiger partial charge in [-0.3, -0.25) is 5.32 Å². The van der Waals surface area contributed by atoms with E-state index < -0.39 is 21.2 Å². The Kier molecular flexibility index (Phi) is 13.2. The molecule has 2 aliphatic rings. The van der Waals surface area contributed by atoms with E-state index in [2.05, 4.69) is 75.7 Å². The molecule has 13 nitrogen and oxygen atoms in total. The zero-order valence-corrected chi connectivity index (χ0v) is 36.1. The molecule has 15 heteroatoms. The Labute approximate surface area is 324 Å². The predicted octanol–water partition coefficient (Wildman–Crippen LogP) is 6.88. The summed E-state index contributed by atoms with van der Waals surface area (Å²) >= 11 is 0. The van der Waals surface area contributed by atoms with E-state index in [9.17, 15) is 14.6 Å². The summed E-state index contributed by atoms with van der Waals surface area (Å²) in [7, 11) is 5.35. The third-order valence-electron chi connectivity index (χ3n) is 10.9. The fourth-order valence-electron chi connectivity index (χ4n) is 8.35. The lowest BCUT2D eigenvalue weighted by atomic mass is 9.93. The number of carbonyl (C=O) groups excluding carboxylic acids is 1. The summed E-state index contributed by atoms with van der Waals surface area (Å²) in [6, 6.07) is 11.5. The molecule has 3 aromatic rings. The van der Waals surface area contributed by atoms with E-state index in [0.717, 1.165) is 55.5 Å². The van der Waals surface area contributed by atoms with Crippen LogP contribution in [0.25, 0.3) is 10.9 Å². The summed E-state index contributed by atoms with van der Waals surface area (Å²) in [5, 5.41) is 3.84. The van der Waals surface area contributed by atoms with Crippen molar-refractivity contribution in [3.8, 4) is 11.5 Å². The number of urea groups is 1. The highest BCUT2D eigenvalue weighted by Crippen LogP contribution is 2.78. The number of hydrogen-bond donors (Lipinski definition) is 3. The van der Waals surface area contributed by atoms with Gasteiger partial charge in [-0.25, -0.2) is 24.5 Å². The van der Waals surface area contributed by atoms with Crippen LogP contribution in [0.15, 0.2) is 42.6 Å². The van der Waals surface area contributed by atoms with Gasteiger partial charge in [0.15, 0.2) is 6.16 Å². The van der Waals surface area contributed by atoms with E-state index >= 15 is 0 Å². The zero-order chi connectivity index (χ0) is 39.6. The Morgan fingerprint density at radius 2 is 1.54 bits per heavy atom. The summed E-state index contributed by atoms with van der Waals surface area (Å²) in [4.78, 5) is 50.4. The van der Waals surface area contributed by atoms with Crippen LogP contribution in [0.5, 0.6) is 11.5 Å². The normalized spacial score (nSPS) is 20.8. The number of methoxy groups -OCH3 is 2. The van der Waals surface area contributed by atoms with Crippen molar-refractivity contribution < 1.29 is 24.1 Å². The van der Waals surface area contributed by atoms with E-state index in [1.807, 2.05) is 45.2 Å². The highest BCUT2D eigenvalue weighted by Gasteiger charge is 2.67. The minimum atomic E-state index is -3.07. The lowest BCUT2D eigenvalue weighted by molar-refractivity contribution is 0.162.